The smallest absolute Gasteiger partial charge is 0.180 e. The van der Waals surface area contributed by atoms with Gasteiger partial charge in [0, 0.05) is 0 Å². The summed E-state index contributed by atoms with van der Waals surface area (Å²) in [4.78, 5) is 0.956. The quantitative estimate of drug-likeness (QED) is 0.710. The van der Waals surface area contributed by atoms with Gasteiger partial charge < -0.3 is 20.1 Å². The molecular weight excluding hydrogens is 270 g/mol. The third-order valence-electron chi connectivity index (χ3n) is 3.06. The van der Waals surface area contributed by atoms with Crippen molar-refractivity contribution in [1.82, 2.24) is 15.0 Å². The van der Waals surface area contributed by atoms with E-state index in [2.05, 4.69) is 10.3 Å². The summed E-state index contributed by atoms with van der Waals surface area (Å²) >= 11 is 1.53. The minimum atomic E-state index is -1.14. The summed E-state index contributed by atoms with van der Waals surface area (Å²) in [5, 5.41) is 38.4. The molecule has 0 unspecified atom stereocenters. The molecule has 2 aromatic rings. The summed E-state index contributed by atoms with van der Waals surface area (Å²) in [7, 11) is 0. The Balaban J connectivity index is 1.84. The molecule has 0 radical (unpaired) electrons. The molecule has 0 aromatic carbocycles. The van der Waals surface area contributed by atoms with Gasteiger partial charge in [-0.3, -0.25) is 0 Å². The molecule has 0 saturated carbocycles. The number of nitrogens with zero attached hydrogens (tertiary/aromatic N) is 3. The van der Waals surface area contributed by atoms with Gasteiger partial charge in [-0.25, -0.2) is 4.68 Å². The number of hydrogen-bond acceptors (Lipinski definition) is 7. The van der Waals surface area contributed by atoms with Gasteiger partial charge in [-0.15, -0.1) is 16.4 Å². The molecule has 1 aliphatic heterocycles. The van der Waals surface area contributed by atoms with E-state index in [0.29, 0.717) is 5.69 Å². The fourth-order valence-corrected chi connectivity index (χ4v) is 2.71. The Bertz CT molecular complexity index is 544. The van der Waals surface area contributed by atoms with Crippen molar-refractivity contribution >= 4 is 11.3 Å². The van der Waals surface area contributed by atoms with Gasteiger partial charge in [0.15, 0.2) is 6.23 Å². The number of aliphatic hydroxyl groups is 3. The van der Waals surface area contributed by atoms with Crippen LogP contribution in [-0.2, 0) is 4.74 Å². The predicted molar refractivity (Wildman–Crippen MR) is 66.3 cm³/mol. The Hall–Kier alpha value is -1.32. The van der Waals surface area contributed by atoms with Crippen LogP contribution in [0.5, 0.6) is 0 Å². The average Bonchev–Trinajstić information content (AvgIpc) is 3.12. The molecule has 0 bridgehead atoms. The second kappa shape index (κ2) is 4.99. The van der Waals surface area contributed by atoms with Crippen LogP contribution in [0.3, 0.4) is 0 Å². The van der Waals surface area contributed by atoms with E-state index in [1.165, 1.54) is 16.0 Å². The zero-order valence-corrected chi connectivity index (χ0v) is 10.6. The van der Waals surface area contributed by atoms with Crippen LogP contribution in [-0.4, -0.2) is 55.2 Å². The van der Waals surface area contributed by atoms with Crippen LogP contribution >= 0.6 is 11.3 Å². The van der Waals surface area contributed by atoms with E-state index < -0.39 is 24.5 Å². The highest BCUT2D eigenvalue weighted by molar-refractivity contribution is 7.13. The zero-order valence-electron chi connectivity index (χ0n) is 9.83. The lowest BCUT2D eigenvalue weighted by atomic mass is 10.1. The molecule has 0 aliphatic carbocycles. The van der Waals surface area contributed by atoms with Crippen LogP contribution in [0, 0.1) is 0 Å². The highest BCUT2D eigenvalue weighted by Gasteiger charge is 2.43. The van der Waals surface area contributed by atoms with Gasteiger partial charge in [0.2, 0.25) is 0 Å². The maximum Gasteiger partial charge on any atom is 0.180 e. The summed E-state index contributed by atoms with van der Waals surface area (Å²) in [6.45, 7) is -0.360. The minimum Gasteiger partial charge on any atom is -0.394 e. The molecule has 1 saturated heterocycles. The minimum absolute atomic E-state index is 0.360. The van der Waals surface area contributed by atoms with Crippen molar-refractivity contribution in [3.63, 3.8) is 0 Å². The zero-order chi connectivity index (χ0) is 13.4. The van der Waals surface area contributed by atoms with Crippen molar-refractivity contribution in [2.75, 3.05) is 6.61 Å². The van der Waals surface area contributed by atoms with Crippen LogP contribution in [0.25, 0.3) is 10.6 Å². The SMILES string of the molecule is OC[C@H]1O[C@@H](n2cc(-c3cccs3)nn2)[C@H](O)[C@@H]1O. The largest absolute Gasteiger partial charge is 0.394 e. The molecule has 1 aliphatic rings. The molecule has 19 heavy (non-hydrogen) atoms. The van der Waals surface area contributed by atoms with Crippen LogP contribution in [0.15, 0.2) is 23.7 Å². The molecule has 4 atom stereocenters. The lowest BCUT2D eigenvalue weighted by molar-refractivity contribution is -0.0593. The third kappa shape index (κ3) is 2.17. The standard InChI is InChI=1S/C11H13N3O4S/c15-5-7-9(16)10(17)11(18-7)14-4-6(12-13-14)8-2-1-3-19-8/h1-4,7,9-11,15-17H,5H2/t7-,9-,10-,11-/m1/s1. The van der Waals surface area contributed by atoms with Crippen molar-refractivity contribution in [2.45, 2.75) is 24.5 Å². The monoisotopic (exact) mass is 283 g/mol. The molecule has 8 heteroatoms. The lowest BCUT2D eigenvalue weighted by Crippen LogP contribution is -2.33. The number of hydrogen-bond donors (Lipinski definition) is 3. The van der Waals surface area contributed by atoms with Gasteiger partial charge in [0.25, 0.3) is 0 Å². The highest BCUT2D eigenvalue weighted by Crippen LogP contribution is 2.30. The van der Waals surface area contributed by atoms with Crippen LogP contribution in [0.2, 0.25) is 0 Å². The summed E-state index contributed by atoms with van der Waals surface area (Å²) in [6.07, 6.45) is -2.28. The molecular formula is C11H13N3O4S. The number of thiophene rings is 1. The Morgan fingerprint density at radius 3 is 2.84 bits per heavy atom. The second-order valence-corrected chi connectivity index (χ2v) is 5.24. The third-order valence-corrected chi connectivity index (χ3v) is 3.95. The molecule has 3 rings (SSSR count). The van der Waals surface area contributed by atoms with Crippen molar-refractivity contribution in [2.24, 2.45) is 0 Å². The lowest BCUT2D eigenvalue weighted by Gasteiger charge is -2.13. The van der Waals surface area contributed by atoms with Crippen molar-refractivity contribution in [3.8, 4) is 10.6 Å². The maximum atomic E-state index is 9.88. The molecule has 1 fully saturated rings. The van der Waals surface area contributed by atoms with Gasteiger partial charge >= 0.3 is 0 Å². The van der Waals surface area contributed by atoms with E-state index in [9.17, 15) is 10.2 Å². The first-order valence-electron chi connectivity index (χ1n) is 5.79. The first-order chi connectivity index (χ1) is 9.20. The summed E-state index contributed by atoms with van der Waals surface area (Å²) in [5.74, 6) is 0. The maximum absolute atomic E-state index is 9.88. The Labute approximate surface area is 112 Å². The van der Waals surface area contributed by atoms with Crippen molar-refractivity contribution < 1.29 is 20.1 Å². The van der Waals surface area contributed by atoms with Gasteiger partial charge in [-0.05, 0) is 11.4 Å². The van der Waals surface area contributed by atoms with Gasteiger partial charge in [-0.1, -0.05) is 11.3 Å². The van der Waals surface area contributed by atoms with Gasteiger partial charge in [-0.2, -0.15) is 0 Å². The highest BCUT2D eigenvalue weighted by atomic mass is 32.1. The molecule has 0 amide bonds. The molecule has 3 heterocycles. The summed E-state index contributed by atoms with van der Waals surface area (Å²) in [5.41, 5.74) is 0.674. The summed E-state index contributed by atoms with van der Waals surface area (Å²) in [6, 6.07) is 3.82. The Kier molecular flexibility index (Phi) is 3.33. The molecule has 3 N–H and O–H groups in total. The first-order valence-corrected chi connectivity index (χ1v) is 6.67. The van der Waals surface area contributed by atoms with E-state index >= 15 is 0 Å². The van der Waals surface area contributed by atoms with Crippen molar-refractivity contribution in [3.05, 3.63) is 23.7 Å². The average molecular weight is 283 g/mol. The van der Waals surface area contributed by atoms with E-state index in [4.69, 9.17) is 9.84 Å². The van der Waals surface area contributed by atoms with E-state index in [1.54, 1.807) is 6.20 Å². The van der Waals surface area contributed by atoms with Crippen LogP contribution in [0.1, 0.15) is 6.23 Å². The Morgan fingerprint density at radius 1 is 1.37 bits per heavy atom. The molecule has 2 aromatic heterocycles. The molecule has 7 nitrogen and oxygen atoms in total. The predicted octanol–water partition coefficient (Wildman–Crippen LogP) is -0.382. The van der Waals surface area contributed by atoms with Crippen LogP contribution < -0.4 is 0 Å². The molecule has 102 valence electrons. The number of aromatic nitrogens is 3. The first kappa shape index (κ1) is 12.7. The van der Waals surface area contributed by atoms with Gasteiger partial charge in [0.05, 0.1) is 17.7 Å². The number of rotatable bonds is 3. The van der Waals surface area contributed by atoms with E-state index in [0.717, 1.165) is 4.88 Å². The number of ether oxygens (including phenoxy) is 1. The molecule has 0 spiro atoms. The number of aliphatic hydroxyl groups excluding tert-OH is 3. The van der Waals surface area contributed by atoms with Crippen LogP contribution in [0.4, 0.5) is 0 Å². The second-order valence-electron chi connectivity index (χ2n) is 4.29. The van der Waals surface area contributed by atoms with Crippen molar-refractivity contribution in [1.29, 1.82) is 0 Å². The Morgan fingerprint density at radius 2 is 2.21 bits per heavy atom. The fourth-order valence-electron chi connectivity index (χ4n) is 2.04. The topological polar surface area (TPSA) is 101 Å². The summed E-state index contributed by atoms with van der Waals surface area (Å²) < 4.78 is 6.73. The van der Waals surface area contributed by atoms with E-state index in [-0.39, 0.29) is 6.61 Å². The van der Waals surface area contributed by atoms with Gasteiger partial charge in [0.1, 0.15) is 24.0 Å². The normalized spacial score (nSPS) is 30.9. The van der Waals surface area contributed by atoms with E-state index in [1.807, 2.05) is 17.5 Å². The fraction of sp³-hybridized carbons (Fsp3) is 0.455.